The van der Waals surface area contributed by atoms with Gasteiger partial charge in [0.1, 0.15) is 0 Å². The third kappa shape index (κ3) is 3.46. The van der Waals surface area contributed by atoms with Gasteiger partial charge in [-0.3, -0.25) is 0 Å². The van der Waals surface area contributed by atoms with Crippen molar-refractivity contribution >= 4 is 23.2 Å². The Labute approximate surface area is 170 Å². The number of hydrogen-bond acceptors (Lipinski definition) is 3. The second-order valence-corrected chi connectivity index (χ2v) is 11.0. The van der Waals surface area contributed by atoms with Crippen LogP contribution in [0.5, 0.6) is 17.2 Å². The molecule has 3 N–H and O–H groups in total. The van der Waals surface area contributed by atoms with E-state index in [1.807, 2.05) is 54.6 Å². The summed E-state index contributed by atoms with van der Waals surface area (Å²) in [6, 6.07) is 34.2. The summed E-state index contributed by atoms with van der Waals surface area (Å²) in [6.45, 7) is 0. The summed E-state index contributed by atoms with van der Waals surface area (Å²) in [5, 5.41) is 34.1. The van der Waals surface area contributed by atoms with Gasteiger partial charge in [-0.25, -0.2) is 0 Å². The van der Waals surface area contributed by atoms with Gasteiger partial charge in [0.25, 0.3) is 0 Å². The van der Waals surface area contributed by atoms with Gasteiger partial charge in [0.2, 0.25) is 0 Å². The molecular formula is C25H23O3P. The van der Waals surface area contributed by atoms with Crippen molar-refractivity contribution in [1.29, 1.82) is 0 Å². The zero-order valence-corrected chi connectivity index (χ0v) is 16.9. The minimum atomic E-state index is -2.59. The van der Waals surface area contributed by atoms with E-state index in [4.69, 9.17) is 0 Å². The Hall–Kier alpha value is -3.29. The van der Waals surface area contributed by atoms with Gasteiger partial charge >= 0.3 is 171 Å². The van der Waals surface area contributed by atoms with Crippen LogP contribution in [0.1, 0.15) is 5.56 Å². The van der Waals surface area contributed by atoms with Crippen LogP contribution >= 0.6 is 7.26 Å². The van der Waals surface area contributed by atoms with Crippen LogP contribution in [0.4, 0.5) is 0 Å². The zero-order valence-electron chi connectivity index (χ0n) is 15.9. The Balaban J connectivity index is 2.02. The fourth-order valence-electron chi connectivity index (χ4n) is 4.01. The first-order valence-corrected chi connectivity index (χ1v) is 11.7. The monoisotopic (exact) mass is 402 g/mol. The summed E-state index contributed by atoms with van der Waals surface area (Å²) in [4.78, 5) is 0. The van der Waals surface area contributed by atoms with E-state index in [9.17, 15) is 15.3 Å². The molecule has 4 heteroatoms. The molecule has 0 bridgehead atoms. The average Bonchev–Trinajstić information content (AvgIpc) is 2.79. The number of aromatic hydroxyl groups is 3. The normalized spacial score (nSPS) is 11.9. The summed E-state index contributed by atoms with van der Waals surface area (Å²) in [6.07, 6.45) is 0.546. The van der Waals surface area contributed by atoms with Crippen molar-refractivity contribution in [3.63, 3.8) is 0 Å². The van der Waals surface area contributed by atoms with E-state index in [1.165, 1.54) is 22.0 Å². The molecule has 0 aromatic heterocycles. The van der Waals surface area contributed by atoms with E-state index >= 15 is 0 Å². The molecule has 146 valence electrons. The fraction of sp³-hybridized carbons (Fsp3) is 0.0400. The van der Waals surface area contributed by atoms with Crippen molar-refractivity contribution in [2.24, 2.45) is 0 Å². The first-order valence-electron chi connectivity index (χ1n) is 9.52. The summed E-state index contributed by atoms with van der Waals surface area (Å²) in [7, 11) is -2.59. The van der Waals surface area contributed by atoms with Crippen LogP contribution < -0.4 is 15.9 Å². The van der Waals surface area contributed by atoms with Crippen LogP contribution in [0.25, 0.3) is 0 Å². The predicted octanol–water partition coefficient (Wildman–Crippen LogP) is 4.03. The Morgan fingerprint density at radius 3 is 1.31 bits per heavy atom. The molecule has 0 amide bonds. The molecule has 0 heterocycles. The molecule has 29 heavy (non-hydrogen) atoms. The number of rotatable bonds is 5. The maximum absolute atomic E-state index is 10.6. The Morgan fingerprint density at radius 2 is 0.897 bits per heavy atom. The van der Waals surface area contributed by atoms with Crippen molar-refractivity contribution in [1.82, 2.24) is 0 Å². The number of benzene rings is 4. The second kappa shape index (κ2) is 7.98. The molecule has 0 spiro atoms. The van der Waals surface area contributed by atoms with Gasteiger partial charge < -0.3 is 0 Å². The van der Waals surface area contributed by atoms with Crippen LogP contribution in [-0.4, -0.2) is 15.3 Å². The van der Waals surface area contributed by atoms with Crippen molar-refractivity contribution in [2.45, 2.75) is 6.16 Å². The first-order chi connectivity index (χ1) is 14.1. The SMILES string of the molecule is Oc1ccc(C[PH](c2ccccc2)(c2ccccc2)c2ccccc2)c(O)c1O. The average molecular weight is 402 g/mol. The van der Waals surface area contributed by atoms with Gasteiger partial charge in [-0.2, -0.15) is 0 Å². The van der Waals surface area contributed by atoms with E-state index in [1.54, 1.807) is 6.07 Å². The molecule has 4 aromatic carbocycles. The Bertz CT molecular complexity index is 1000. The van der Waals surface area contributed by atoms with E-state index in [0.717, 1.165) is 0 Å². The summed E-state index contributed by atoms with van der Waals surface area (Å²) < 4.78 is 0. The predicted molar refractivity (Wildman–Crippen MR) is 122 cm³/mol. The zero-order chi connectivity index (χ0) is 20.3. The quantitative estimate of drug-likeness (QED) is 0.349. The van der Waals surface area contributed by atoms with Gasteiger partial charge in [0, 0.05) is 0 Å². The maximum atomic E-state index is 10.6. The molecule has 3 nitrogen and oxygen atoms in total. The minimum absolute atomic E-state index is 0.260. The van der Waals surface area contributed by atoms with E-state index in [0.29, 0.717) is 11.7 Å². The summed E-state index contributed by atoms with van der Waals surface area (Å²) in [5.74, 6) is -1.05. The van der Waals surface area contributed by atoms with E-state index in [-0.39, 0.29) is 11.5 Å². The third-order valence-electron chi connectivity index (χ3n) is 5.47. The topological polar surface area (TPSA) is 60.7 Å². The fourth-order valence-corrected chi connectivity index (χ4v) is 8.77. The molecular weight excluding hydrogens is 379 g/mol. The molecule has 0 atom stereocenters. The summed E-state index contributed by atoms with van der Waals surface area (Å²) >= 11 is 0. The molecule has 4 aromatic rings. The summed E-state index contributed by atoms with van der Waals surface area (Å²) in [5.41, 5.74) is 0.614. The Kier molecular flexibility index (Phi) is 5.24. The van der Waals surface area contributed by atoms with E-state index < -0.39 is 13.0 Å². The van der Waals surface area contributed by atoms with E-state index in [2.05, 4.69) is 36.4 Å². The molecule has 0 radical (unpaired) electrons. The van der Waals surface area contributed by atoms with Crippen molar-refractivity contribution in [2.75, 3.05) is 0 Å². The number of hydrogen-bond donors (Lipinski definition) is 3. The van der Waals surface area contributed by atoms with Crippen LogP contribution in [0.3, 0.4) is 0 Å². The molecule has 0 unspecified atom stereocenters. The Morgan fingerprint density at radius 1 is 0.483 bits per heavy atom. The third-order valence-corrected chi connectivity index (χ3v) is 10.3. The molecule has 0 saturated carbocycles. The molecule has 0 fully saturated rings. The molecule has 4 rings (SSSR count). The van der Waals surface area contributed by atoms with Crippen LogP contribution in [0, 0.1) is 0 Å². The molecule has 0 saturated heterocycles. The van der Waals surface area contributed by atoms with Crippen LogP contribution in [0.2, 0.25) is 0 Å². The number of phenols is 3. The van der Waals surface area contributed by atoms with Crippen molar-refractivity contribution < 1.29 is 15.3 Å². The van der Waals surface area contributed by atoms with Gasteiger partial charge in [0.15, 0.2) is 0 Å². The molecule has 0 aliphatic heterocycles. The number of phenolic OH excluding ortho intramolecular Hbond substituents is 3. The van der Waals surface area contributed by atoms with Crippen LogP contribution in [0.15, 0.2) is 103 Å². The molecule has 0 aliphatic rings. The van der Waals surface area contributed by atoms with Crippen molar-refractivity contribution in [3.8, 4) is 17.2 Å². The van der Waals surface area contributed by atoms with Crippen molar-refractivity contribution in [3.05, 3.63) is 109 Å². The standard InChI is InChI=1S/C25H23O3P/c26-23-17-16-19(24(27)25(23)28)18-29(20-10-4-1-5-11-20,21-12-6-2-7-13-21)22-14-8-3-9-15-22/h1-17,26-29H,18H2. The van der Waals surface area contributed by atoms with Gasteiger partial charge in [-0.15, -0.1) is 0 Å². The van der Waals surface area contributed by atoms with Crippen LogP contribution in [-0.2, 0) is 6.16 Å². The van der Waals surface area contributed by atoms with Gasteiger partial charge in [-0.1, -0.05) is 0 Å². The van der Waals surface area contributed by atoms with Gasteiger partial charge in [-0.05, 0) is 0 Å². The first kappa shape index (κ1) is 19.0. The molecule has 0 aliphatic carbocycles. The van der Waals surface area contributed by atoms with Gasteiger partial charge in [0.05, 0.1) is 0 Å². The second-order valence-electron chi connectivity index (χ2n) is 7.12.